The van der Waals surface area contributed by atoms with Gasteiger partial charge in [0, 0.05) is 0 Å². The summed E-state index contributed by atoms with van der Waals surface area (Å²) >= 11 is 0. The van der Waals surface area contributed by atoms with E-state index in [1.807, 2.05) is 0 Å². The number of aliphatic hydroxyl groups excluding tert-OH is 8. The van der Waals surface area contributed by atoms with Crippen LogP contribution in [0.25, 0.3) is 0 Å². The van der Waals surface area contributed by atoms with Gasteiger partial charge in [0.05, 0.1) is 18.8 Å². The summed E-state index contributed by atoms with van der Waals surface area (Å²) in [5.74, 6) is -0.981. The normalized spacial score (nSPS) is 23.3. The summed E-state index contributed by atoms with van der Waals surface area (Å²) in [6.45, 7) is 3.54. The molecule has 0 amide bonds. The third-order valence-electron chi connectivity index (χ3n) is 13.3. The number of rotatable bonds is 45. The number of aliphatic hydroxyl groups is 8. The topological polar surface area (TPSA) is 253 Å². The first kappa shape index (κ1) is 62.3. The summed E-state index contributed by atoms with van der Waals surface area (Å²) < 4.78 is 22.8. The molecule has 0 aromatic carbocycles. The second-order valence-electron chi connectivity index (χ2n) is 19.3. The first-order chi connectivity index (χ1) is 31.3. The quantitative estimate of drug-likeness (QED) is 0.0120. The number of nitrogens with zero attached hydrogens (tertiary/aromatic N) is 1. The summed E-state index contributed by atoms with van der Waals surface area (Å²) in [7, 11) is -5.25. The predicted molar refractivity (Wildman–Crippen MR) is 257 cm³/mol. The van der Waals surface area contributed by atoms with Crippen LogP contribution in [0.1, 0.15) is 245 Å². The molecule has 0 aromatic heterocycles. The lowest BCUT2D eigenvalue weighted by atomic mass is 9.85. The number of unbranched alkanes of at least 4 members (excludes halogenated alkanes) is 32. The molecule has 9 N–H and O–H groups in total. The third kappa shape index (κ3) is 30.5. The molecule has 1 aliphatic rings. The van der Waals surface area contributed by atoms with Crippen molar-refractivity contribution in [1.82, 2.24) is 0 Å². The zero-order chi connectivity index (χ0) is 48.1. The molecule has 1 fully saturated rings. The molecule has 0 saturated heterocycles. The molecule has 388 valence electrons. The molecule has 11 atom stereocenters. The second-order valence-corrected chi connectivity index (χ2v) is 20.7. The highest BCUT2D eigenvalue weighted by atomic mass is 31.2. The van der Waals surface area contributed by atoms with Crippen LogP contribution in [0.5, 0.6) is 0 Å². The fraction of sp³-hybridized carbons (Fsp3) is 0.980. The molecule has 0 bridgehead atoms. The van der Waals surface area contributed by atoms with E-state index in [1.54, 1.807) is 0 Å². The first-order valence-corrected chi connectivity index (χ1v) is 28.1. The highest BCUT2D eigenvalue weighted by Gasteiger charge is 2.51. The van der Waals surface area contributed by atoms with Crippen molar-refractivity contribution in [3.63, 3.8) is 0 Å². The van der Waals surface area contributed by atoms with Crippen molar-refractivity contribution in [3.8, 4) is 0 Å². The molecular weight excluding hydrogens is 854 g/mol. The van der Waals surface area contributed by atoms with Crippen LogP contribution in [0, 0.1) is 0 Å². The van der Waals surface area contributed by atoms with E-state index in [9.17, 15) is 55.4 Å². The van der Waals surface area contributed by atoms with Crippen LogP contribution in [0.2, 0.25) is 0 Å². The van der Waals surface area contributed by atoms with E-state index in [0.717, 1.165) is 51.4 Å². The van der Waals surface area contributed by atoms with E-state index < -0.39 is 81.3 Å². The molecule has 0 radical (unpaired) electrons. The molecule has 1 aliphatic carbocycles. The summed E-state index contributed by atoms with van der Waals surface area (Å²) in [6.07, 6.45) is 24.3. The first-order valence-electron chi connectivity index (χ1n) is 26.6. The van der Waals surface area contributed by atoms with Crippen molar-refractivity contribution in [1.29, 1.82) is 0 Å². The molecule has 0 heterocycles. The van der Waals surface area contributed by atoms with Crippen molar-refractivity contribution in [2.24, 2.45) is 4.99 Å². The summed E-state index contributed by atoms with van der Waals surface area (Å²) in [5.41, 5.74) is 0. The molecule has 1 saturated carbocycles. The lowest BCUT2D eigenvalue weighted by Gasteiger charge is -2.41. The number of hydrogen-bond donors (Lipinski definition) is 9. The van der Waals surface area contributed by atoms with Gasteiger partial charge in [0.25, 0.3) is 0 Å². The van der Waals surface area contributed by atoms with E-state index in [0.29, 0.717) is 12.8 Å². The average Bonchev–Trinajstić information content (AvgIpc) is 3.29. The van der Waals surface area contributed by atoms with Crippen molar-refractivity contribution in [3.05, 3.63) is 0 Å². The van der Waals surface area contributed by atoms with Crippen molar-refractivity contribution in [2.75, 3.05) is 6.61 Å². The molecular formula is C50H99NO13P-. The maximum atomic E-state index is 13.1. The van der Waals surface area contributed by atoms with Gasteiger partial charge in [-0.05, 0) is 18.7 Å². The lowest BCUT2D eigenvalue weighted by Crippen LogP contribution is -2.64. The minimum absolute atomic E-state index is 0.127. The van der Waals surface area contributed by atoms with E-state index in [-0.39, 0.29) is 12.8 Å². The van der Waals surface area contributed by atoms with Crippen LogP contribution in [0.3, 0.4) is 0 Å². The zero-order valence-corrected chi connectivity index (χ0v) is 41.9. The summed E-state index contributed by atoms with van der Waals surface area (Å²) in [4.78, 5) is 14.4. The van der Waals surface area contributed by atoms with Crippen LogP contribution in [0.4, 0.5) is 0 Å². The van der Waals surface area contributed by atoms with E-state index in [1.165, 1.54) is 154 Å². The molecule has 0 spiro atoms. The molecule has 14 nitrogen and oxygen atoms in total. The van der Waals surface area contributed by atoms with Crippen molar-refractivity contribution >= 4 is 13.7 Å². The minimum atomic E-state index is -5.25. The Kier molecular flexibility index (Phi) is 38.4. The number of phosphoric acid groups is 1. The number of phosphoric ester groups is 1. The van der Waals surface area contributed by atoms with Gasteiger partial charge in [-0.25, -0.2) is 4.57 Å². The summed E-state index contributed by atoms with van der Waals surface area (Å²) in [6, 6.07) is -1.60. The van der Waals surface area contributed by atoms with Crippen LogP contribution in [0.15, 0.2) is 4.99 Å². The van der Waals surface area contributed by atoms with Gasteiger partial charge in [0.15, 0.2) is 0 Å². The van der Waals surface area contributed by atoms with Gasteiger partial charge in [0.1, 0.15) is 48.8 Å². The fourth-order valence-corrected chi connectivity index (χ4v) is 9.79. The van der Waals surface area contributed by atoms with Crippen molar-refractivity contribution < 1.29 is 64.5 Å². The maximum Gasteiger partial charge on any atom is 0.472 e. The van der Waals surface area contributed by atoms with Gasteiger partial charge >= 0.3 is 7.82 Å². The van der Waals surface area contributed by atoms with E-state index >= 15 is 0 Å². The van der Waals surface area contributed by atoms with Crippen molar-refractivity contribution in [2.45, 2.75) is 306 Å². The minimum Gasteiger partial charge on any atom is -0.860 e. The van der Waals surface area contributed by atoms with E-state index in [4.69, 9.17) is 9.05 Å². The van der Waals surface area contributed by atoms with Gasteiger partial charge < -0.3 is 50.9 Å². The van der Waals surface area contributed by atoms with Gasteiger partial charge in [-0.2, -0.15) is 0 Å². The Hall–Kier alpha value is -0.740. The van der Waals surface area contributed by atoms with Crippen LogP contribution >= 0.6 is 7.82 Å². The highest BCUT2D eigenvalue weighted by molar-refractivity contribution is 7.47. The Morgan fingerprint density at radius 3 is 1.12 bits per heavy atom. The summed E-state index contributed by atoms with van der Waals surface area (Å²) in [5, 5.41) is 96.1. The Morgan fingerprint density at radius 1 is 0.492 bits per heavy atom. The molecule has 65 heavy (non-hydrogen) atoms. The van der Waals surface area contributed by atoms with Gasteiger partial charge in [-0.1, -0.05) is 232 Å². The van der Waals surface area contributed by atoms with Gasteiger partial charge in [-0.3, -0.25) is 14.0 Å². The lowest BCUT2D eigenvalue weighted by molar-refractivity contribution is -0.229. The van der Waals surface area contributed by atoms with Crippen LogP contribution < -0.4 is 5.11 Å². The maximum absolute atomic E-state index is 13.1. The Morgan fingerprint density at radius 2 is 0.785 bits per heavy atom. The second kappa shape index (κ2) is 40.0. The third-order valence-corrected chi connectivity index (χ3v) is 14.3. The van der Waals surface area contributed by atoms with Gasteiger partial charge in [-0.15, -0.1) is 0 Å². The SMILES string of the molecule is CCCCCCCCCCCCCCCCCCCCCCCC[C@H](O)C([O-])=N[C@@H](COP(=O)(O)OC1[C@H](O)[C@H](O)C(O)[C@H](O)[C@H]1O)[C@H](O)[C@@H](O)CCCCCCCCCCCCCC. The molecule has 0 aliphatic heterocycles. The zero-order valence-electron chi connectivity index (χ0n) is 41.0. The molecule has 15 heteroatoms. The average molecular weight is 953 g/mol. The molecule has 3 unspecified atom stereocenters. The molecule has 0 aromatic rings. The monoisotopic (exact) mass is 953 g/mol. The van der Waals surface area contributed by atoms with E-state index in [2.05, 4.69) is 18.8 Å². The Bertz CT molecular complexity index is 1150. The largest absolute Gasteiger partial charge is 0.860 e. The fourth-order valence-electron chi connectivity index (χ4n) is 8.83. The Balaban J connectivity index is 2.49. The molecule has 1 rings (SSSR count). The smallest absolute Gasteiger partial charge is 0.472 e. The standard InChI is InChI=1S/C50H100NO13P/c1-3-5-7-9-11-13-15-17-18-19-20-21-22-23-24-25-26-28-30-32-34-36-38-42(53)50(60)51-40(39-63-65(61,62)64-49-47(58)45(56)44(55)46(57)48(49)59)43(54)41(52)37-35-33-31-29-27-16-14-12-10-8-6-4-2/h40-49,52-59H,3-39H2,1-2H3,(H,51,60)(H,61,62)/p-1/t40-,41-,42-,43-,44?,45-,46+,47+,48+,49?/m0/s1. The number of aliphatic imine (C=N–C) groups is 1. The van der Waals surface area contributed by atoms with Crippen LogP contribution in [-0.4, -0.2) is 119 Å². The van der Waals surface area contributed by atoms with Gasteiger partial charge in [0.2, 0.25) is 0 Å². The highest BCUT2D eigenvalue weighted by Crippen LogP contribution is 2.47. The van der Waals surface area contributed by atoms with Crippen LogP contribution in [-0.2, 0) is 13.6 Å². The number of hydrogen-bond acceptors (Lipinski definition) is 13. The Labute approximate surface area is 394 Å². The predicted octanol–water partition coefficient (Wildman–Crippen LogP) is 8.60.